The second-order valence-electron chi connectivity index (χ2n) is 6.94. The van der Waals surface area contributed by atoms with Crippen LogP contribution in [0.5, 0.6) is 17.2 Å². The molecule has 3 rings (SSSR count). The highest BCUT2D eigenvalue weighted by atomic mass is 19.1. The van der Waals surface area contributed by atoms with Crippen molar-refractivity contribution in [3.63, 3.8) is 0 Å². The summed E-state index contributed by atoms with van der Waals surface area (Å²) in [5.41, 5.74) is 2.05. The van der Waals surface area contributed by atoms with Crippen LogP contribution in [-0.2, 0) is 6.61 Å². The maximum atomic E-state index is 13.1. The van der Waals surface area contributed by atoms with Gasteiger partial charge in [0.25, 0.3) is 5.91 Å². The van der Waals surface area contributed by atoms with Crippen molar-refractivity contribution >= 4 is 5.91 Å². The van der Waals surface area contributed by atoms with Crippen LogP contribution in [0.4, 0.5) is 4.39 Å². The van der Waals surface area contributed by atoms with Crippen LogP contribution >= 0.6 is 0 Å². The second-order valence-corrected chi connectivity index (χ2v) is 6.94. The highest BCUT2D eigenvalue weighted by Gasteiger charge is 2.15. The molecular weight excluding hydrogens is 397 g/mol. The maximum Gasteiger partial charge on any atom is 0.251 e. The first kappa shape index (κ1) is 22.2. The number of para-hydroxylation sites is 2. The van der Waals surface area contributed by atoms with E-state index in [1.165, 1.54) is 12.1 Å². The molecule has 5 nitrogen and oxygen atoms in total. The summed E-state index contributed by atoms with van der Waals surface area (Å²) in [6, 6.07) is 18.4. The van der Waals surface area contributed by atoms with E-state index in [9.17, 15) is 9.18 Å². The highest BCUT2D eigenvalue weighted by Crippen LogP contribution is 2.29. The molecule has 0 radical (unpaired) electrons. The molecule has 1 atom stereocenters. The third-order valence-electron chi connectivity index (χ3n) is 4.79. The van der Waals surface area contributed by atoms with Crippen molar-refractivity contribution < 1.29 is 23.4 Å². The van der Waals surface area contributed by atoms with E-state index in [1.807, 2.05) is 38.1 Å². The molecule has 31 heavy (non-hydrogen) atoms. The van der Waals surface area contributed by atoms with Gasteiger partial charge in [-0.25, -0.2) is 4.39 Å². The van der Waals surface area contributed by atoms with Crippen LogP contribution in [0, 0.1) is 5.82 Å². The molecule has 1 amide bonds. The molecule has 0 aromatic heterocycles. The van der Waals surface area contributed by atoms with Gasteiger partial charge in [0, 0.05) is 11.1 Å². The summed E-state index contributed by atoms with van der Waals surface area (Å²) in [6.45, 7) is 4.46. The number of rotatable bonds is 9. The van der Waals surface area contributed by atoms with Crippen LogP contribution < -0.4 is 19.5 Å². The number of carbonyl (C=O) groups is 1. The van der Waals surface area contributed by atoms with Gasteiger partial charge in [-0.1, -0.05) is 24.3 Å². The Morgan fingerprint density at radius 2 is 1.68 bits per heavy atom. The Morgan fingerprint density at radius 1 is 0.968 bits per heavy atom. The van der Waals surface area contributed by atoms with Crippen LogP contribution in [0.15, 0.2) is 66.7 Å². The lowest BCUT2D eigenvalue weighted by atomic mass is 10.1. The Balaban J connectivity index is 1.76. The van der Waals surface area contributed by atoms with Gasteiger partial charge < -0.3 is 19.5 Å². The van der Waals surface area contributed by atoms with Gasteiger partial charge in [-0.2, -0.15) is 0 Å². The van der Waals surface area contributed by atoms with Crippen molar-refractivity contribution in [3.05, 3.63) is 89.2 Å². The predicted molar refractivity (Wildman–Crippen MR) is 117 cm³/mol. The lowest BCUT2D eigenvalue weighted by Crippen LogP contribution is -2.26. The summed E-state index contributed by atoms with van der Waals surface area (Å²) in [6.07, 6.45) is 0. The second kappa shape index (κ2) is 10.5. The maximum absolute atomic E-state index is 13.1. The molecule has 0 heterocycles. The summed E-state index contributed by atoms with van der Waals surface area (Å²) in [5.74, 6) is 1.34. The molecule has 0 unspecified atom stereocenters. The minimum Gasteiger partial charge on any atom is -0.493 e. The Morgan fingerprint density at radius 3 is 2.35 bits per heavy atom. The number of methoxy groups -OCH3 is 1. The van der Waals surface area contributed by atoms with Gasteiger partial charge in [0.2, 0.25) is 0 Å². The summed E-state index contributed by atoms with van der Waals surface area (Å²) in [5, 5.41) is 2.94. The van der Waals surface area contributed by atoms with Crippen molar-refractivity contribution in [1.29, 1.82) is 0 Å². The Bertz CT molecular complexity index is 1020. The molecule has 0 saturated carbocycles. The Hall–Kier alpha value is -3.54. The van der Waals surface area contributed by atoms with Gasteiger partial charge in [0.1, 0.15) is 18.2 Å². The van der Waals surface area contributed by atoms with E-state index in [0.717, 1.165) is 11.1 Å². The first-order valence-corrected chi connectivity index (χ1v) is 10.1. The number of amides is 1. The zero-order chi connectivity index (χ0) is 22.2. The molecule has 0 spiro atoms. The quantitative estimate of drug-likeness (QED) is 0.507. The van der Waals surface area contributed by atoms with Gasteiger partial charge in [-0.15, -0.1) is 0 Å². The minimum absolute atomic E-state index is 0.213. The fourth-order valence-electron chi connectivity index (χ4n) is 3.14. The molecule has 1 N–H and O–H groups in total. The lowest BCUT2D eigenvalue weighted by Gasteiger charge is -2.17. The molecule has 3 aromatic rings. The van der Waals surface area contributed by atoms with Crippen LogP contribution in [0.3, 0.4) is 0 Å². The van der Waals surface area contributed by atoms with E-state index < -0.39 is 0 Å². The van der Waals surface area contributed by atoms with Gasteiger partial charge in [0.05, 0.1) is 19.8 Å². The molecule has 0 saturated heterocycles. The molecule has 162 valence electrons. The molecule has 3 aromatic carbocycles. The van der Waals surface area contributed by atoms with E-state index in [0.29, 0.717) is 29.4 Å². The predicted octanol–water partition coefficient (Wildman–Crippen LogP) is 5.30. The highest BCUT2D eigenvalue weighted by molar-refractivity contribution is 5.94. The van der Waals surface area contributed by atoms with Crippen LogP contribution in [0.2, 0.25) is 0 Å². The van der Waals surface area contributed by atoms with Crippen molar-refractivity contribution in [2.45, 2.75) is 26.5 Å². The minimum atomic E-state index is -0.312. The number of hydrogen-bond donors (Lipinski definition) is 1. The average Bonchev–Trinajstić information content (AvgIpc) is 2.79. The number of benzene rings is 3. The molecule has 0 aliphatic carbocycles. The zero-order valence-electron chi connectivity index (χ0n) is 17.9. The van der Waals surface area contributed by atoms with E-state index in [1.54, 1.807) is 37.4 Å². The molecule has 0 aliphatic heterocycles. The Kier molecular flexibility index (Phi) is 7.49. The molecule has 6 heteroatoms. The topological polar surface area (TPSA) is 56.8 Å². The van der Waals surface area contributed by atoms with Gasteiger partial charge in [-0.05, 0) is 61.9 Å². The lowest BCUT2D eigenvalue weighted by molar-refractivity contribution is 0.0939. The smallest absolute Gasteiger partial charge is 0.251 e. The fourth-order valence-corrected chi connectivity index (χ4v) is 3.14. The van der Waals surface area contributed by atoms with Gasteiger partial charge >= 0.3 is 0 Å². The van der Waals surface area contributed by atoms with Crippen molar-refractivity contribution in [1.82, 2.24) is 5.32 Å². The fraction of sp³-hybridized carbons (Fsp3) is 0.240. The first-order chi connectivity index (χ1) is 15.0. The normalized spacial score (nSPS) is 11.5. The third-order valence-corrected chi connectivity index (χ3v) is 4.79. The summed E-state index contributed by atoms with van der Waals surface area (Å²) >= 11 is 0. The van der Waals surface area contributed by atoms with E-state index in [4.69, 9.17) is 14.2 Å². The summed E-state index contributed by atoms with van der Waals surface area (Å²) in [4.78, 5) is 12.8. The van der Waals surface area contributed by atoms with Gasteiger partial charge in [-0.3, -0.25) is 4.79 Å². The number of nitrogens with one attached hydrogen (secondary N) is 1. The largest absolute Gasteiger partial charge is 0.493 e. The monoisotopic (exact) mass is 423 g/mol. The molecule has 0 aliphatic rings. The van der Waals surface area contributed by atoms with Crippen LogP contribution in [0.25, 0.3) is 0 Å². The summed E-state index contributed by atoms with van der Waals surface area (Å²) in [7, 11) is 1.58. The van der Waals surface area contributed by atoms with E-state index in [-0.39, 0.29) is 24.4 Å². The van der Waals surface area contributed by atoms with Crippen molar-refractivity contribution in [3.8, 4) is 17.2 Å². The molecule has 0 fully saturated rings. The Labute approximate surface area is 181 Å². The number of hydrogen-bond acceptors (Lipinski definition) is 4. The van der Waals surface area contributed by atoms with Crippen molar-refractivity contribution in [2.75, 3.05) is 13.7 Å². The number of carbonyl (C=O) groups excluding carboxylic acids is 1. The van der Waals surface area contributed by atoms with Crippen LogP contribution in [-0.4, -0.2) is 19.6 Å². The van der Waals surface area contributed by atoms with Crippen LogP contribution in [0.1, 0.15) is 41.4 Å². The zero-order valence-corrected chi connectivity index (χ0v) is 17.9. The van der Waals surface area contributed by atoms with E-state index >= 15 is 0 Å². The SMILES string of the molecule is CCOc1ccc(C(=O)N[C@H](C)c2ccc(F)cc2)cc1COc1ccccc1OC. The molecule has 0 bridgehead atoms. The first-order valence-electron chi connectivity index (χ1n) is 10.1. The van der Waals surface area contributed by atoms with Gasteiger partial charge in [0.15, 0.2) is 11.5 Å². The standard InChI is InChI=1S/C25H26FNO4/c1-4-30-22-14-11-19(25(28)27-17(2)18-9-12-21(26)13-10-18)15-20(22)16-31-24-8-6-5-7-23(24)29-3/h5-15,17H,4,16H2,1-3H3,(H,27,28)/t17-/m1/s1. The number of ether oxygens (including phenoxy) is 3. The average molecular weight is 423 g/mol. The number of halogens is 1. The van der Waals surface area contributed by atoms with E-state index in [2.05, 4.69) is 5.32 Å². The third kappa shape index (κ3) is 5.75. The summed E-state index contributed by atoms with van der Waals surface area (Å²) < 4.78 is 30.1. The van der Waals surface area contributed by atoms with Crippen molar-refractivity contribution in [2.24, 2.45) is 0 Å². The molecular formula is C25H26FNO4.